The van der Waals surface area contributed by atoms with Crippen LogP contribution in [0, 0.1) is 11.3 Å². The number of nitrogens with one attached hydrogen (secondary N) is 2. The van der Waals surface area contributed by atoms with Crippen LogP contribution in [0.25, 0.3) is 0 Å². The van der Waals surface area contributed by atoms with E-state index >= 15 is 0 Å². The van der Waals surface area contributed by atoms with Gasteiger partial charge in [0.05, 0.1) is 25.1 Å². The fraction of sp³-hybridized carbons (Fsp3) is 0.667. The number of pyridine rings is 1. The molecule has 0 atom stereocenters. The van der Waals surface area contributed by atoms with Gasteiger partial charge in [-0.2, -0.15) is 0 Å². The largest absolute Gasteiger partial charge is 0.378 e. The summed E-state index contributed by atoms with van der Waals surface area (Å²) in [6, 6.07) is 3.14. The summed E-state index contributed by atoms with van der Waals surface area (Å²) < 4.78 is 5.36. The number of nitrogens with zero attached hydrogens (tertiary/aromatic N) is 3. The number of ether oxygens (including phenoxy) is 1. The monoisotopic (exact) mass is 457 g/mol. The van der Waals surface area contributed by atoms with Gasteiger partial charge >= 0.3 is 6.03 Å². The second-order valence-electron chi connectivity index (χ2n) is 10.1. The number of carbonyl (C=O) groups excluding carboxylic acids is 3. The summed E-state index contributed by atoms with van der Waals surface area (Å²) in [5.41, 5.74) is 0.321. The number of imide groups is 1. The first-order valence-electron chi connectivity index (χ1n) is 12.0. The Labute approximate surface area is 195 Å². The number of urea groups is 1. The highest BCUT2D eigenvalue weighted by atomic mass is 16.5. The Bertz CT molecular complexity index is 887. The number of hydrogen-bond acceptors (Lipinski definition) is 6. The molecule has 1 aromatic rings. The maximum atomic E-state index is 13.2. The smallest absolute Gasteiger partial charge is 0.325 e. The molecule has 3 heterocycles. The lowest BCUT2D eigenvalue weighted by molar-refractivity contribution is -0.135. The van der Waals surface area contributed by atoms with Crippen molar-refractivity contribution in [2.75, 3.05) is 43.1 Å². The van der Waals surface area contributed by atoms with Crippen molar-refractivity contribution in [3.63, 3.8) is 0 Å². The first kappa shape index (κ1) is 23.5. The molecule has 0 unspecified atom stereocenters. The number of anilines is 2. The summed E-state index contributed by atoms with van der Waals surface area (Å²) in [6.07, 6.45) is 5.82. The summed E-state index contributed by atoms with van der Waals surface area (Å²) >= 11 is 0. The third kappa shape index (κ3) is 4.83. The Morgan fingerprint density at radius 3 is 2.55 bits per heavy atom. The summed E-state index contributed by atoms with van der Waals surface area (Å²) in [4.78, 5) is 45.9. The first-order valence-corrected chi connectivity index (χ1v) is 12.0. The van der Waals surface area contributed by atoms with Crippen LogP contribution in [0.3, 0.4) is 0 Å². The van der Waals surface area contributed by atoms with E-state index in [0.717, 1.165) is 42.9 Å². The van der Waals surface area contributed by atoms with Crippen LogP contribution in [0.1, 0.15) is 52.9 Å². The average Bonchev–Trinajstić information content (AvgIpc) is 3.04. The normalized spacial score (nSPS) is 26.0. The Balaban J connectivity index is 1.33. The number of aromatic nitrogens is 1. The number of carbonyl (C=O) groups is 3. The molecule has 9 heteroatoms. The molecule has 33 heavy (non-hydrogen) atoms. The highest BCUT2D eigenvalue weighted by Gasteiger charge is 2.53. The molecule has 2 aliphatic heterocycles. The van der Waals surface area contributed by atoms with Crippen molar-refractivity contribution < 1.29 is 19.1 Å². The van der Waals surface area contributed by atoms with E-state index in [0.29, 0.717) is 37.8 Å². The van der Waals surface area contributed by atoms with Gasteiger partial charge < -0.3 is 20.3 Å². The maximum Gasteiger partial charge on any atom is 0.325 e. The minimum atomic E-state index is -0.865. The molecule has 3 fully saturated rings. The Hall–Kier alpha value is -2.68. The lowest BCUT2D eigenvalue weighted by Crippen LogP contribution is -2.51. The Morgan fingerprint density at radius 2 is 1.94 bits per heavy atom. The predicted molar refractivity (Wildman–Crippen MR) is 125 cm³/mol. The molecule has 0 aromatic carbocycles. The van der Waals surface area contributed by atoms with Gasteiger partial charge in [0.1, 0.15) is 17.9 Å². The molecule has 1 spiro atoms. The lowest BCUT2D eigenvalue weighted by atomic mass is 9.65. The Morgan fingerprint density at radius 1 is 1.24 bits per heavy atom. The van der Waals surface area contributed by atoms with E-state index in [1.807, 2.05) is 6.07 Å². The fourth-order valence-electron chi connectivity index (χ4n) is 5.13. The van der Waals surface area contributed by atoms with Crippen LogP contribution in [0.15, 0.2) is 18.3 Å². The first-order chi connectivity index (χ1) is 15.7. The van der Waals surface area contributed by atoms with Gasteiger partial charge in [0.15, 0.2) is 0 Å². The molecule has 4 amide bonds. The molecular weight excluding hydrogens is 422 g/mol. The minimum Gasteiger partial charge on any atom is -0.378 e. The molecule has 9 nitrogen and oxygen atoms in total. The second kappa shape index (κ2) is 9.29. The van der Waals surface area contributed by atoms with Crippen molar-refractivity contribution >= 4 is 29.4 Å². The highest BCUT2D eigenvalue weighted by molar-refractivity contribution is 6.10. The van der Waals surface area contributed by atoms with Crippen molar-refractivity contribution in [2.24, 2.45) is 11.3 Å². The molecule has 2 saturated heterocycles. The van der Waals surface area contributed by atoms with E-state index < -0.39 is 17.5 Å². The Kier molecular flexibility index (Phi) is 6.61. The topological polar surface area (TPSA) is 104 Å². The second-order valence-corrected chi connectivity index (χ2v) is 10.1. The number of amides is 4. The standard InChI is InChI=1S/C24H35N5O4/c1-4-23(2,3)17-7-9-24(10-8-17)21(31)29(22(32)27-24)16-20(30)26-19-6-5-18(15-25-19)28-11-13-33-14-12-28/h5-6,15,17H,4,7-14,16H2,1-3H3,(H,27,32)(H,25,26,30). The third-order valence-corrected chi connectivity index (χ3v) is 7.79. The van der Waals surface area contributed by atoms with Crippen molar-refractivity contribution in [1.29, 1.82) is 0 Å². The fourth-order valence-corrected chi connectivity index (χ4v) is 5.13. The SMILES string of the molecule is CCC(C)(C)C1CCC2(CC1)NC(=O)N(CC(=O)Nc1ccc(N3CCOCC3)cn1)C2=O. The quantitative estimate of drug-likeness (QED) is 0.637. The van der Waals surface area contributed by atoms with E-state index in [9.17, 15) is 14.4 Å². The maximum absolute atomic E-state index is 13.2. The minimum absolute atomic E-state index is 0.219. The molecule has 1 saturated carbocycles. The third-order valence-electron chi connectivity index (χ3n) is 7.79. The summed E-state index contributed by atoms with van der Waals surface area (Å²) in [5.74, 6) is 0.191. The molecule has 180 valence electrons. The molecule has 1 aromatic heterocycles. The van der Waals surface area contributed by atoms with Crippen molar-refractivity contribution in [2.45, 2.75) is 58.4 Å². The molecular formula is C24H35N5O4. The van der Waals surface area contributed by atoms with E-state index in [-0.39, 0.29) is 17.9 Å². The van der Waals surface area contributed by atoms with Gasteiger partial charge in [-0.05, 0) is 49.1 Å². The van der Waals surface area contributed by atoms with E-state index in [1.165, 1.54) is 0 Å². The van der Waals surface area contributed by atoms with Crippen molar-refractivity contribution in [3.8, 4) is 0 Å². The molecule has 0 radical (unpaired) electrons. The van der Waals surface area contributed by atoms with Crippen LogP contribution in [-0.2, 0) is 14.3 Å². The van der Waals surface area contributed by atoms with E-state index in [2.05, 4.69) is 41.3 Å². The van der Waals surface area contributed by atoms with Crippen molar-refractivity contribution in [3.05, 3.63) is 18.3 Å². The summed E-state index contributed by atoms with van der Waals surface area (Å²) in [7, 11) is 0. The van der Waals surface area contributed by atoms with Gasteiger partial charge in [0.2, 0.25) is 5.91 Å². The van der Waals surface area contributed by atoms with Crippen LogP contribution in [0.4, 0.5) is 16.3 Å². The van der Waals surface area contributed by atoms with Gasteiger partial charge in [-0.25, -0.2) is 9.78 Å². The summed E-state index contributed by atoms with van der Waals surface area (Å²) in [5, 5.41) is 5.60. The number of hydrogen-bond donors (Lipinski definition) is 2. The number of morpholine rings is 1. The van der Waals surface area contributed by atoms with Crippen LogP contribution in [0.2, 0.25) is 0 Å². The lowest BCUT2D eigenvalue weighted by Gasteiger charge is -2.42. The number of rotatable bonds is 6. The molecule has 3 aliphatic rings. The predicted octanol–water partition coefficient (Wildman–Crippen LogP) is 2.77. The zero-order chi connectivity index (χ0) is 23.6. The summed E-state index contributed by atoms with van der Waals surface area (Å²) in [6.45, 7) is 9.38. The van der Waals surface area contributed by atoms with Gasteiger partial charge in [0.25, 0.3) is 5.91 Å². The van der Waals surface area contributed by atoms with Gasteiger partial charge in [-0.3, -0.25) is 14.5 Å². The molecule has 1 aliphatic carbocycles. The van der Waals surface area contributed by atoms with Crippen LogP contribution < -0.4 is 15.5 Å². The molecule has 4 rings (SSSR count). The van der Waals surface area contributed by atoms with Crippen LogP contribution in [-0.4, -0.2) is 66.1 Å². The van der Waals surface area contributed by atoms with E-state index in [1.54, 1.807) is 12.3 Å². The molecule has 0 bridgehead atoms. The zero-order valence-electron chi connectivity index (χ0n) is 19.9. The van der Waals surface area contributed by atoms with E-state index in [4.69, 9.17) is 4.74 Å². The zero-order valence-corrected chi connectivity index (χ0v) is 19.9. The molecule has 2 N–H and O–H groups in total. The van der Waals surface area contributed by atoms with Gasteiger partial charge in [0, 0.05) is 13.1 Å². The van der Waals surface area contributed by atoms with Crippen LogP contribution >= 0.6 is 0 Å². The van der Waals surface area contributed by atoms with Crippen LogP contribution in [0.5, 0.6) is 0 Å². The highest BCUT2D eigenvalue weighted by Crippen LogP contribution is 2.45. The van der Waals surface area contributed by atoms with Crippen molar-refractivity contribution in [1.82, 2.24) is 15.2 Å². The van der Waals surface area contributed by atoms with Gasteiger partial charge in [-0.1, -0.05) is 27.2 Å². The van der Waals surface area contributed by atoms with Gasteiger partial charge in [-0.15, -0.1) is 0 Å². The average molecular weight is 458 g/mol.